The number of likely N-dealkylation sites (tertiary alicyclic amines) is 1. The van der Waals surface area contributed by atoms with E-state index < -0.39 is 0 Å². The van der Waals surface area contributed by atoms with Crippen LogP contribution in [0.1, 0.15) is 68.7 Å². The third-order valence-electron chi connectivity index (χ3n) is 4.13. The number of nitrogens with one attached hydrogen (secondary N) is 1. The van der Waals surface area contributed by atoms with Gasteiger partial charge in [0.2, 0.25) is 5.91 Å². The van der Waals surface area contributed by atoms with Crippen LogP contribution in [0, 0.1) is 11.8 Å². The van der Waals surface area contributed by atoms with Crippen molar-refractivity contribution in [2.24, 2.45) is 11.8 Å². The molecule has 20 heavy (non-hydrogen) atoms. The summed E-state index contributed by atoms with van der Waals surface area (Å²) in [6.07, 6.45) is 6.28. The lowest BCUT2D eigenvalue weighted by Gasteiger charge is -2.33. The molecular weight excluding hydrogens is 248 g/mol. The molecule has 0 unspecified atom stereocenters. The largest absolute Gasteiger partial charge is 0.353 e. The minimum Gasteiger partial charge on any atom is -0.353 e. The maximum atomic E-state index is 11.9. The highest BCUT2D eigenvalue weighted by molar-refractivity contribution is 5.78. The first-order chi connectivity index (χ1) is 9.04. The Hall–Kier alpha value is -0.570. The van der Waals surface area contributed by atoms with Crippen LogP contribution in [-0.4, -0.2) is 36.5 Å². The Kier molecular flexibility index (Phi) is 9.91. The highest BCUT2D eigenvalue weighted by Gasteiger charge is 2.22. The van der Waals surface area contributed by atoms with E-state index in [0.717, 1.165) is 19.4 Å². The maximum Gasteiger partial charge on any atom is 0.222 e. The number of carbonyl (C=O) groups excluding carboxylic acids is 1. The van der Waals surface area contributed by atoms with Crippen LogP contribution >= 0.6 is 0 Å². The van der Waals surface area contributed by atoms with Gasteiger partial charge >= 0.3 is 0 Å². The van der Waals surface area contributed by atoms with Crippen LogP contribution in [0.25, 0.3) is 0 Å². The van der Waals surface area contributed by atoms with E-state index in [9.17, 15) is 4.79 Å². The summed E-state index contributed by atoms with van der Waals surface area (Å²) >= 11 is 0. The zero-order valence-corrected chi connectivity index (χ0v) is 13.2. The number of rotatable bonds is 7. The number of nitrogens with zero attached hydrogens (tertiary/aromatic N) is 1. The first kappa shape index (κ1) is 19.4. The third-order valence-corrected chi connectivity index (χ3v) is 4.13. The number of piperidine rings is 1. The minimum atomic E-state index is 0. The Bertz CT molecular complexity index is 266. The minimum absolute atomic E-state index is 0. The third kappa shape index (κ3) is 6.74. The van der Waals surface area contributed by atoms with Crippen molar-refractivity contribution in [3.05, 3.63) is 0 Å². The van der Waals surface area contributed by atoms with Crippen molar-refractivity contribution in [3.63, 3.8) is 0 Å². The molecule has 0 aromatic rings. The molecule has 0 spiro atoms. The molecule has 2 atom stereocenters. The summed E-state index contributed by atoms with van der Waals surface area (Å²) in [5.74, 6) is 0.825. The van der Waals surface area contributed by atoms with Gasteiger partial charge in [-0.3, -0.25) is 4.79 Å². The Morgan fingerprint density at radius 2 is 1.80 bits per heavy atom. The SMILES string of the molecule is C.CCC[C@@H](NC(=O)C(C)C)[C@H](C)CN1CCCCC1.[HH]. The first-order valence-electron chi connectivity index (χ1n) is 8.07. The smallest absolute Gasteiger partial charge is 0.222 e. The van der Waals surface area contributed by atoms with Crippen molar-refractivity contribution in [1.29, 1.82) is 0 Å². The van der Waals surface area contributed by atoms with Crippen LogP contribution in [0.2, 0.25) is 0 Å². The lowest BCUT2D eigenvalue weighted by atomic mass is 9.95. The molecule has 0 bridgehead atoms. The molecule has 1 heterocycles. The van der Waals surface area contributed by atoms with E-state index in [1.54, 1.807) is 0 Å². The van der Waals surface area contributed by atoms with Crippen molar-refractivity contribution >= 4 is 5.91 Å². The maximum absolute atomic E-state index is 11.9. The van der Waals surface area contributed by atoms with Crippen molar-refractivity contribution in [3.8, 4) is 0 Å². The second kappa shape index (κ2) is 10.2. The van der Waals surface area contributed by atoms with Crippen LogP contribution in [-0.2, 0) is 4.79 Å². The fourth-order valence-corrected chi connectivity index (χ4v) is 2.84. The van der Waals surface area contributed by atoms with Gasteiger partial charge in [-0.1, -0.05) is 48.0 Å². The van der Waals surface area contributed by atoms with Gasteiger partial charge in [-0.25, -0.2) is 0 Å². The molecular formula is C17H38N2O. The van der Waals surface area contributed by atoms with Gasteiger partial charge < -0.3 is 10.2 Å². The van der Waals surface area contributed by atoms with Gasteiger partial charge in [0.15, 0.2) is 0 Å². The summed E-state index contributed by atoms with van der Waals surface area (Å²) in [6.45, 7) is 12.0. The molecule has 0 aromatic carbocycles. The molecule has 0 aliphatic carbocycles. The fourth-order valence-electron chi connectivity index (χ4n) is 2.84. The highest BCUT2D eigenvalue weighted by Crippen LogP contribution is 2.16. The van der Waals surface area contributed by atoms with Gasteiger partial charge in [-0.2, -0.15) is 0 Å². The average Bonchev–Trinajstić information content (AvgIpc) is 2.39. The normalized spacial score (nSPS) is 19.2. The molecule has 1 aliphatic rings. The van der Waals surface area contributed by atoms with Gasteiger partial charge in [0.1, 0.15) is 0 Å². The highest BCUT2D eigenvalue weighted by atomic mass is 16.1. The summed E-state index contributed by atoms with van der Waals surface area (Å²) < 4.78 is 0. The molecule has 0 aromatic heterocycles. The zero-order valence-electron chi connectivity index (χ0n) is 13.2. The molecule has 1 aliphatic heterocycles. The predicted octanol–water partition coefficient (Wildman–Crippen LogP) is 3.93. The number of amides is 1. The number of carbonyl (C=O) groups is 1. The van der Waals surface area contributed by atoms with Crippen molar-refractivity contribution < 1.29 is 6.22 Å². The molecule has 3 nitrogen and oxygen atoms in total. The first-order valence-corrected chi connectivity index (χ1v) is 8.07. The summed E-state index contributed by atoms with van der Waals surface area (Å²) in [6, 6.07) is 0.335. The quantitative estimate of drug-likeness (QED) is 0.769. The van der Waals surface area contributed by atoms with Gasteiger partial charge in [0.25, 0.3) is 0 Å². The lowest BCUT2D eigenvalue weighted by Crippen LogP contribution is -2.45. The molecule has 1 saturated heterocycles. The summed E-state index contributed by atoms with van der Waals surface area (Å²) in [4.78, 5) is 14.5. The van der Waals surface area contributed by atoms with E-state index >= 15 is 0 Å². The average molecular weight is 287 g/mol. The summed E-state index contributed by atoms with van der Waals surface area (Å²) in [5, 5.41) is 3.24. The molecule has 1 rings (SSSR count). The standard InChI is InChI=1S/C16H32N2O.CH4.H2/c1-5-9-15(17-16(19)13(2)3)14(4)12-18-10-7-6-8-11-18;;/h13-15H,5-12H2,1-4H3,(H,17,19);1H4;1H/t14-,15-;;/m1../s1. The van der Waals surface area contributed by atoms with Crippen LogP contribution < -0.4 is 5.32 Å². The lowest BCUT2D eigenvalue weighted by molar-refractivity contribution is -0.125. The second-order valence-electron chi connectivity index (χ2n) is 6.40. The van der Waals surface area contributed by atoms with Crippen LogP contribution in [0.15, 0.2) is 0 Å². The van der Waals surface area contributed by atoms with Crippen molar-refractivity contribution in [2.75, 3.05) is 19.6 Å². The Morgan fingerprint density at radius 3 is 2.30 bits per heavy atom. The fraction of sp³-hybridized carbons (Fsp3) is 0.941. The van der Waals surface area contributed by atoms with Crippen LogP contribution in [0.3, 0.4) is 0 Å². The van der Waals surface area contributed by atoms with Crippen molar-refractivity contribution in [1.82, 2.24) is 10.2 Å². The van der Waals surface area contributed by atoms with E-state index in [1.807, 2.05) is 13.8 Å². The van der Waals surface area contributed by atoms with E-state index in [4.69, 9.17) is 0 Å². The summed E-state index contributed by atoms with van der Waals surface area (Å²) in [5.41, 5.74) is 0. The summed E-state index contributed by atoms with van der Waals surface area (Å²) in [7, 11) is 0. The topological polar surface area (TPSA) is 32.3 Å². The van der Waals surface area contributed by atoms with E-state index in [0.29, 0.717) is 12.0 Å². The Balaban J connectivity index is 0. The van der Waals surface area contributed by atoms with Gasteiger partial charge in [0, 0.05) is 19.9 Å². The zero-order chi connectivity index (χ0) is 14.3. The molecule has 122 valence electrons. The predicted molar refractivity (Wildman–Crippen MR) is 90.0 cm³/mol. The molecule has 3 heteroatoms. The van der Waals surface area contributed by atoms with Gasteiger partial charge in [0.05, 0.1) is 0 Å². The molecule has 1 fully saturated rings. The van der Waals surface area contributed by atoms with Crippen molar-refractivity contribution in [2.45, 2.75) is 73.3 Å². The molecule has 1 amide bonds. The van der Waals surface area contributed by atoms with E-state index in [1.165, 1.54) is 32.4 Å². The van der Waals surface area contributed by atoms with Gasteiger partial charge in [-0.05, 0) is 38.3 Å². The molecule has 1 N–H and O–H groups in total. The second-order valence-corrected chi connectivity index (χ2v) is 6.40. The van der Waals surface area contributed by atoms with E-state index in [2.05, 4.69) is 24.1 Å². The number of hydrogen-bond acceptors (Lipinski definition) is 2. The Labute approximate surface area is 128 Å². The monoisotopic (exact) mass is 286 g/mol. The van der Waals surface area contributed by atoms with Crippen LogP contribution in [0.5, 0.6) is 0 Å². The molecule has 0 saturated carbocycles. The van der Waals surface area contributed by atoms with E-state index in [-0.39, 0.29) is 20.7 Å². The Morgan fingerprint density at radius 1 is 1.20 bits per heavy atom. The molecule has 0 radical (unpaired) electrons. The number of hydrogen-bond donors (Lipinski definition) is 1. The van der Waals surface area contributed by atoms with Crippen LogP contribution in [0.4, 0.5) is 0 Å². The van der Waals surface area contributed by atoms with Gasteiger partial charge in [-0.15, -0.1) is 0 Å².